The Kier molecular flexibility index (Phi) is 7.74. The minimum absolute atomic E-state index is 0.0783. The third-order valence-corrected chi connectivity index (χ3v) is 5.35. The van der Waals surface area contributed by atoms with Gasteiger partial charge in [-0.15, -0.1) is 0 Å². The van der Waals surface area contributed by atoms with Crippen molar-refractivity contribution in [2.45, 2.75) is 51.2 Å². The Bertz CT molecular complexity index is 292. The van der Waals surface area contributed by atoms with Crippen molar-refractivity contribution >= 4 is 17.8 Å². The summed E-state index contributed by atoms with van der Waals surface area (Å²) < 4.78 is 0.208. The summed E-state index contributed by atoms with van der Waals surface area (Å²) in [5.41, 5.74) is 0. The summed E-state index contributed by atoms with van der Waals surface area (Å²) in [6.07, 6.45) is 4.22. The molecule has 2 atom stereocenters. The van der Waals surface area contributed by atoms with E-state index in [1.165, 1.54) is 18.6 Å². The molecule has 1 heterocycles. The highest BCUT2D eigenvalue weighted by Gasteiger charge is 2.29. The van der Waals surface area contributed by atoms with Crippen LogP contribution in [0.2, 0.25) is 0 Å². The Labute approximate surface area is 127 Å². The van der Waals surface area contributed by atoms with Crippen LogP contribution in [0.3, 0.4) is 0 Å². The first kappa shape index (κ1) is 17.6. The number of thioether (sulfide) groups is 1. The third-order valence-electron chi connectivity index (χ3n) is 3.82. The highest BCUT2D eigenvalue weighted by Crippen LogP contribution is 2.36. The van der Waals surface area contributed by atoms with Crippen molar-refractivity contribution in [2.75, 3.05) is 25.4 Å². The third kappa shape index (κ3) is 6.84. The quantitative estimate of drug-likeness (QED) is 0.646. The van der Waals surface area contributed by atoms with Gasteiger partial charge in [0.2, 0.25) is 0 Å². The van der Waals surface area contributed by atoms with E-state index in [4.69, 9.17) is 5.11 Å². The second-order valence-corrected chi connectivity index (χ2v) is 8.16. The fourth-order valence-electron chi connectivity index (χ4n) is 2.70. The van der Waals surface area contributed by atoms with Crippen LogP contribution in [0.4, 0.5) is 4.79 Å². The minimum atomic E-state index is -0.0783. The Balaban J connectivity index is 2.23. The summed E-state index contributed by atoms with van der Waals surface area (Å²) in [7, 11) is 0. The molecule has 20 heavy (non-hydrogen) atoms. The molecule has 1 aliphatic rings. The summed E-state index contributed by atoms with van der Waals surface area (Å²) in [4.78, 5) is 11.8. The van der Waals surface area contributed by atoms with Gasteiger partial charge in [0, 0.05) is 24.4 Å². The summed E-state index contributed by atoms with van der Waals surface area (Å²) in [6.45, 7) is 8.13. The summed E-state index contributed by atoms with van der Waals surface area (Å²) in [5.74, 6) is 2.15. The van der Waals surface area contributed by atoms with Gasteiger partial charge in [-0.3, -0.25) is 0 Å². The van der Waals surface area contributed by atoms with E-state index in [-0.39, 0.29) is 17.4 Å². The Morgan fingerprint density at radius 3 is 2.70 bits per heavy atom. The van der Waals surface area contributed by atoms with Gasteiger partial charge in [0.25, 0.3) is 0 Å². The number of aliphatic hydroxyl groups is 1. The SMILES string of the molecule is CC(C)CC(CCO)CNC(=O)NCC1(C)CCCS1. The van der Waals surface area contributed by atoms with Crippen LogP contribution < -0.4 is 10.6 Å². The lowest BCUT2D eigenvalue weighted by atomic mass is 9.94. The smallest absolute Gasteiger partial charge is 0.314 e. The molecule has 0 bridgehead atoms. The highest BCUT2D eigenvalue weighted by molar-refractivity contribution is 8.00. The van der Waals surface area contributed by atoms with Crippen LogP contribution in [0, 0.1) is 11.8 Å². The molecule has 0 aromatic heterocycles. The molecule has 0 aliphatic carbocycles. The Morgan fingerprint density at radius 1 is 1.40 bits per heavy atom. The fourth-order valence-corrected chi connectivity index (χ4v) is 3.94. The lowest BCUT2D eigenvalue weighted by molar-refractivity contribution is 0.224. The molecule has 2 amide bonds. The van der Waals surface area contributed by atoms with Crippen molar-refractivity contribution in [1.29, 1.82) is 0 Å². The van der Waals surface area contributed by atoms with Gasteiger partial charge in [-0.2, -0.15) is 11.8 Å². The van der Waals surface area contributed by atoms with Crippen molar-refractivity contribution < 1.29 is 9.90 Å². The van der Waals surface area contributed by atoms with Crippen molar-refractivity contribution in [3.8, 4) is 0 Å². The van der Waals surface area contributed by atoms with E-state index in [0.29, 0.717) is 18.4 Å². The molecule has 0 saturated carbocycles. The number of rotatable bonds is 8. The molecule has 1 saturated heterocycles. The van der Waals surface area contributed by atoms with Crippen LogP contribution in [-0.4, -0.2) is 41.3 Å². The van der Waals surface area contributed by atoms with Crippen molar-refractivity contribution in [3.63, 3.8) is 0 Å². The molecular weight excluding hydrogens is 272 g/mol. The van der Waals surface area contributed by atoms with Gasteiger partial charge in [0.15, 0.2) is 0 Å². The largest absolute Gasteiger partial charge is 0.396 e. The number of aliphatic hydroxyl groups excluding tert-OH is 1. The zero-order valence-electron chi connectivity index (χ0n) is 13.1. The van der Waals surface area contributed by atoms with E-state index in [9.17, 15) is 4.79 Å². The summed E-state index contributed by atoms with van der Waals surface area (Å²) in [5, 5.41) is 15.0. The molecule has 0 spiro atoms. The van der Waals surface area contributed by atoms with Crippen molar-refractivity contribution in [2.24, 2.45) is 11.8 Å². The predicted molar refractivity (Wildman–Crippen MR) is 86.1 cm³/mol. The number of hydrogen-bond donors (Lipinski definition) is 3. The molecule has 3 N–H and O–H groups in total. The predicted octanol–water partition coefficient (Wildman–Crippen LogP) is 2.62. The monoisotopic (exact) mass is 302 g/mol. The fraction of sp³-hybridized carbons (Fsp3) is 0.933. The maximum atomic E-state index is 11.8. The van der Waals surface area contributed by atoms with Gasteiger partial charge in [0.05, 0.1) is 0 Å². The Morgan fingerprint density at radius 2 is 2.15 bits per heavy atom. The molecule has 0 aromatic carbocycles. The molecule has 1 fully saturated rings. The second kappa shape index (κ2) is 8.78. The highest BCUT2D eigenvalue weighted by atomic mass is 32.2. The molecule has 0 aromatic rings. The zero-order valence-corrected chi connectivity index (χ0v) is 13.9. The minimum Gasteiger partial charge on any atom is -0.396 e. The number of nitrogens with one attached hydrogen (secondary N) is 2. The van der Waals surface area contributed by atoms with Gasteiger partial charge < -0.3 is 15.7 Å². The van der Waals surface area contributed by atoms with E-state index >= 15 is 0 Å². The first-order chi connectivity index (χ1) is 9.45. The second-order valence-electron chi connectivity index (χ2n) is 6.47. The Hall–Kier alpha value is -0.420. The van der Waals surface area contributed by atoms with Gasteiger partial charge >= 0.3 is 6.03 Å². The number of carbonyl (C=O) groups excluding carboxylic acids is 1. The van der Waals surface area contributed by atoms with E-state index < -0.39 is 0 Å². The molecule has 118 valence electrons. The molecule has 0 radical (unpaired) electrons. The lowest BCUT2D eigenvalue weighted by Crippen LogP contribution is -2.44. The van der Waals surface area contributed by atoms with Crippen LogP contribution in [-0.2, 0) is 0 Å². The van der Waals surface area contributed by atoms with E-state index in [2.05, 4.69) is 31.4 Å². The lowest BCUT2D eigenvalue weighted by Gasteiger charge is -2.24. The number of carbonyl (C=O) groups is 1. The number of hydrogen-bond acceptors (Lipinski definition) is 3. The summed E-state index contributed by atoms with van der Waals surface area (Å²) in [6, 6.07) is -0.0783. The van der Waals surface area contributed by atoms with Gasteiger partial charge in [0.1, 0.15) is 0 Å². The molecule has 5 heteroatoms. The maximum absolute atomic E-state index is 11.8. The van der Waals surface area contributed by atoms with Crippen LogP contribution in [0.15, 0.2) is 0 Å². The topological polar surface area (TPSA) is 61.4 Å². The van der Waals surface area contributed by atoms with E-state index in [0.717, 1.165) is 19.4 Å². The van der Waals surface area contributed by atoms with Gasteiger partial charge in [-0.05, 0) is 50.2 Å². The average molecular weight is 302 g/mol. The van der Waals surface area contributed by atoms with Crippen LogP contribution in [0.1, 0.15) is 46.5 Å². The van der Waals surface area contributed by atoms with Crippen molar-refractivity contribution in [1.82, 2.24) is 10.6 Å². The molecule has 1 rings (SSSR count). The van der Waals surface area contributed by atoms with Crippen LogP contribution in [0.25, 0.3) is 0 Å². The van der Waals surface area contributed by atoms with Crippen molar-refractivity contribution in [3.05, 3.63) is 0 Å². The van der Waals surface area contributed by atoms with Gasteiger partial charge in [-0.25, -0.2) is 4.79 Å². The molecular formula is C15H30N2O2S. The molecule has 1 aliphatic heterocycles. The van der Waals surface area contributed by atoms with E-state index in [1.54, 1.807) is 0 Å². The first-order valence-corrected chi connectivity index (χ1v) is 8.70. The molecule has 4 nitrogen and oxygen atoms in total. The summed E-state index contributed by atoms with van der Waals surface area (Å²) >= 11 is 1.95. The zero-order chi connectivity index (χ0) is 15.0. The average Bonchev–Trinajstić information content (AvgIpc) is 2.81. The normalized spacial score (nSPS) is 23.9. The first-order valence-electron chi connectivity index (χ1n) is 7.72. The van der Waals surface area contributed by atoms with Crippen LogP contribution >= 0.6 is 11.8 Å². The number of amides is 2. The number of urea groups is 1. The van der Waals surface area contributed by atoms with Crippen LogP contribution in [0.5, 0.6) is 0 Å². The maximum Gasteiger partial charge on any atom is 0.314 e. The standard InChI is InChI=1S/C15H30N2O2S/c1-12(2)9-13(5-7-18)10-16-14(19)17-11-15(3)6-4-8-20-15/h12-13,18H,4-11H2,1-3H3,(H2,16,17,19). The van der Waals surface area contributed by atoms with E-state index in [1.807, 2.05) is 11.8 Å². The molecule has 2 unspecified atom stereocenters. The van der Waals surface area contributed by atoms with Gasteiger partial charge in [-0.1, -0.05) is 13.8 Å².